The Bertz CT molecular complexity index is 444. The molecule has 0 radical (unpaired) electrons. The summed E-state index contributed by atoms with van der Waals surface area (Å²) < 4.78 is 11.2. The van der Waals surface area contributed by atoms with Crippen LogP contribution in [0, 0.1) is 11.3 Å². The lowest BCUT2D eigenvalue weighted by atomic mass is 9.57. The molecule has 2 fully saturated rings. The van der Waals surface area contributed by atoms with Crippen LogP contribution in [0.25, 0.3) is 0 Å². The molecule has 18 heavy (non-hydrogen) atoms. The molecule has 3 heteroatoms. The minimum Gasteiger partial charge on any atom is -0.495 e. The number of hydrogen-bond acceptors (Lipinski definition) is 3. The van der Waals surface area contributed by atoms with E-state index < -0.39 is 0 Å². The van der Waals surface area contributed by atoms with Crippen molar-refractivity contribution in [2.24, 2.45) is 11.3 Å². The fraction of sp³-hybridized carbons (Fsp3) is 0.600. The molecule has 1 aliphatic carbocycles. The Morgan fingerprint density at radius 3 is 2.89 bits per heavy atom. The first-order valence-electron chi connectivity index (χ1n) is 6.66. The zero-order chi connectivity index (χ0) is 12.8. The maximum absolute atomic E-state index is 5.82. The molecule has 1 heterocycles. The minimum atomic E-state index is 0.196. The number of ether oxygens (including phenoxy) is 2. The number of anilines is 1. The molecule has 1 aromatic carbocycles. The van der Waals surface area contributed by atoms with Gasteiger partial charge in [0.05, 0.1) is 18.9 Å². The molecule has 3 unspecified atom stereocenters. The van der Waals surface area contributed by atoms with E-state index in [9.17, 15) is 0 Å². The van der Waals surface area contributed by atoms with Crippen molar-refractivity contribution in [2.75, 3.05) is 19.0 Å². The highest BCUT2D eigenvalue weighted by atomic mass is 16.5. The first-order valence-corrected chi connectivity index (χ1v) is 6.66. The number of para-hydroxylation sites is 2. The summed E-state index contributed by atoms with van der Waals surface area (Å²) in [6.45, 7) is 5.47. The normalized spacial score (nSPS) is 32.5. The Balaban J connectivity index is 1.80. The molecule has 0 amide bonds. The first kappa shape index (κ1) is 11.8. The third-order valence-corrected chi connectivity index (χ3v) is 4.52. The Labute approximate surface area is 108 Å². The van der Waals surface area contributed by atoms with Gasteiger partial charge in [-0.05, 0) is 18.6 Å². The van der Waals surface area contributed by atoms with Crippen LogP contribution in [0.1, 0.15) is 20.3 Å². The Hall–Kier alpha value is -1.22. The van der Waals surface area contributed by atoms with Crippen molar-refractivity contribution >= 4 is 5.69 Å². The van der Waals surface area contributed by atoms with Crippen molar-refractivity contribution in [1.29, 1.82) is 0 Å². The van der Waals surface area contributed by atoms with Gasteiger partial charge in [0.15, 0.2) is 0 Å². The highest BCUT2D eigenvalue weighted by Gasteiger charge is 2.59. The van der Waals surface area contributed by atoms with E-state index in [1.54, 1.807) is 7.11 Å². The van der Waals surface area contributed by atoms with Crippen LogP contribution in [-0.2, 0) is 4.74 Å². The highest BCUT2D eigenvalue weighted by Crippen LogP contribution is 2.53. The monoisotopic (exact) mass is 247 g/mol. The van der Waals surface area contributed by atoms with E-state index in [1.165, 1.54) is 6.42 Å². The molecule has 0 bridgehead atoms. The average molecular weight is 247 g/mol. The summed E-state index contributed by atoms with van der Waals surface area (Å²) in [6, 6.07) is 8.59. The van der Waals surface area contributed by atoms with E-state index >= 15 is 0 Å². The maximum atomic E-state index is 5.82. The van der Waals surface area contributed by atoms with Gasteiger partial charge in [0, 0.05) is 24.0 Å². The van der Waals surface area contributed by atoms with Crippen LogP contribution in [0.3, 0.4) is 0 Å². The van der Waals surface area contributed by atoms with E-state index in [4.69, 9.17) is 9.47 Å². The van der Waals surface area contributed by atoms with Crippen molar-refractivity contribution in [3.05, 3.63) is 24.3 Å². The van der Waals surface area contributed by atoms with Gasteiger partial charge >= 0.3 is 0 Å². The summed E-state index contributed by atoms with van der Waals surface area (Å²) in [5, 5.41) is 3.65. The standard InChI is InChI=1S/C15H21NO2/c1-15(2)13(10-8-9-18-14(10)15)16-11-6-4-5-7-12(11)17-3/h4-7,10,13-14,16H,8-9H2,1-3H3. The molecule has 1 aliphatic heterocycles. The first-order chi connectivity index (χ1) is 8.64. The van der Waals surface area contributed by atoms with E-state index in [0.29, 0.717) is 18.1 Å². The van der Waals surface area contributed by atoms with Gasteiger partial charge in [0.1, 0.15) is 5.75 Å². The number of fused-ring (bicyclic) bond motifs is 1. The number of nitrogens with one attached hydrogen (secondary N) is 1. The number of rotatable bonds is 3. The molecule has 98 valence electrons. The van der Waals surface area contributed by atoms with E-state index in [1.807, 2.05) is 18.2 Å². The summed E-state index contributed by atoms with van der Waals surface area (Å²) in [5.74, 6) is 1.56. The molecular weight excluding hydrogens is 226 g/mol. The highest BCUT2D eigenvalue weighted by molar-refractivity contribution is 5.57. The lowest BCUT2D eigenvalue weighted by Gasteiger charge is -2.55. The molecule has 1 saturated heterocycles. The summed E-state index contributed by atoms with van der Waals surface area (Å²) in [6.07, 6.45) is 1.59. The second-order valence-corrected chi connectivity index (χ2v) is 5.89. The van der Waals surface area contributed by atoms with Crippen molar-refractivity contribution < 1.29 is 9.47 Å². The van der Waals surface area contributed by atoms with E-state index in [-0.39, 0.29) is 5.41 Å². The van der Waals surface area contributed by atoms with Crippen LogP contribution in [0.2, 0.25) is 0 Å². The molecule has 1 aromatic rings. The van der Waals surface area contributed by atoms with Crippen LogP contribution in [0.15, 0.2) is 24.3 Å². The van der Waals surface area contributed by atoms with Gasteiger partial charge in [0.2, 0.25) is 0 Å². The molecule has 1 saturated carbocycles. The third-order valence-electron chi connectivity index (χ3n) is 4.52. The maximum Gasteiger partial charge on any atom is 0.141 e. The number of hydrogen-bond donors (Lipinski definition) is 1. The lowest BCUT2D eigenvalue weighted by Crippen LogP contribution is -2.63. The number of methoxy groups -OCH3 is 1. The Kier molecular flexibility index (Phi) is 2.74. The lowest BCUT2D eigenvalue weighted by molar-refractivity contribution is -0.0923. The second-order valence-electron chi connectivity index (χ2n) is 5.89. The van der Waals surface area contributed by atoms with Gasteiger partial charge in [-0.3, -0.25) is 0 Å². The Morgan fingerprint density at radius 2 is 2.11 bits per heavy atom. The number of benzene rings is 1. The average Bonchev–Trinajstić information content (AvgIpc) is 2.83. The predicted molar refractivity (Wildman–Crippen MR) is 72.0 cm³/mol. The van der Waals surface area contributed by atoms with Crippen LogP contribution in [0.5, 0.6) is 5.75 Å². The van der Waals surface area contributed by atoms with Gasteiger partial charge in [-0.1, -0.05) is 26.0 Å². The molecule has 1 N–H and O–H groups in total. The van der Waals surface area contributed by atoms with Crippen molar-refractivity contribution in [3.8, 4) is 5.75 Å². The van der Waals surface area contributed by atoms with E-state index in [2.05, 4.69) is 25.2 Å². The summed E-state index contributed by atoms with van der Waals surface area (Å²) >= 11 is 0. The van der Waals surface area contributed by atoms with Gasteiger partial charge in [-0.15, -0.1) is 0 Å². The topological polar surface area (TPSA) is 30.5 Å². The van der Waals surface area contributed by atoms with Crippen molar-refractivity contribution in [2.45, 2.75) is 32.4 Å². The summed E-state index contributed by atoms with van der Waals surface area (Å²) in [4.78, 5) is 0. The molecule has 2 aliphatic rings. The zero-order valence-corrected chi connectivity index (χ0v) is 11.3. The summed E-state index contributed by atoms with van der Waals surface area (Å²) in [7, 11) is 1.72. The van der Waals surface area contributed by atoms with Gasteiger partial charge in [-0.25, -0.2) is 0 Å². The molecule has 3 nitrogen and oxygen atoms in total. The molecular formula is C15H21NO2. The zero-order valence-electron chi connectivity index (χ0n) is 11.3. The fourth-order valence-electron chi connectivity index (χ4n) is 3.55. The SMILES string of the molecule is COc1ccccc1NC1C2CCOC2C1(C)C. The molecule has 0 aromatic heterocycles. The molecule has 3 atom stereocenters. The largest absolute Gasteiger partial charge is 0.495 e. The smallest absolute Gasteiger partial charge is 0.141 e. The molecule has 0 spiro atoms. The summed E-state index contributed by atoms with van der Waals surface area (Å²) in [5.41, 5.74) is 1.28. The van der Waals surface area contributed by atoms with Crippen molar-refractivity contribution in [1.82, 2.24) is 0 Å². The van der Waals surface area contributed by atoms with E-state index in [0.717, 1.165) is 18.0 Å². The fourth-order valence-corrected chi connectivity index (χ4v) is 3.55. The Morgan fingerprint density at radius 1 is 1.33 bits per heavy atom. The molecule has 3 rings (SSSR count). The minimum absolute atomic E-state index is 0.196. The predicted octanol–water partition coefficient (Wildman–Crippen LogP) is 2.92. The van der Waals surface area contributed by atoms with Gasteiger partial charge in [0.25, 0.3) is 0 Å². The van der Waals surface area contributed by atoms with Gasteiger partial charge in [-0.2, -0.15) is 0 Å². The van der Waals surface area contributed by atoms with Crippen LogP contribution in [0.4, 0.5) is 5.69 Å². The quantitative estimate of drug-likeness (QED) is 0.891. The van der Waals surface area contributed by atoms with Crippen LogP contribution in [-0.4, -0.2) is 25.9 Å². The van der Waals surface area contributed by atoms with Crippen LogP contribution < -0.4 is 10.1 Å². The third kappa shape index (κ3) is 1.61. The van der Waals surface area contributed by atoms with Crippen LogP contribution >= 0.6 is 0 Å². The second kappa shape index (κ2) is 4.16. The van der Waals surface area contributed by atoms with Gasteiger partial charge < -0.3 is 14.8 Å². The van der Waals surface area contributed by atoms with Crippen molar-refractivity contribution in [3.63, 3.8) is 0 Å².